The van der Waals surface area contributed by atoms with Gasteiger partial charge in [0.15, 0.2) is 0 Å². The zero-order valence-corrected chi connectivity index (χ0v) is 24.0. The first-order valence-corrected chi connectivity index (χ1v) is 14.2. The summed E-state index contributed by atoms with van der Waals surface area (Å²) in [4.78, 5) is 0. The lowest BCUT2D eigenvalue weighted by Gasteiger charge is -2.18. The maximum absolute atomic E-state index is 6.15. The number of nitrogens with one attached hydrogen (secondary N) is 1. The van der Waals surface area contributed by atoms with Crippen LogP contribution in [0.3, 0.4) is 0 Å². The van der Waals surface area contributed by atoms with Crippen LogP contribution >= 0.6 is 0 Å². The average Bonchev–Trinajstić information content (AvgIpc) is 3.02. The molecule has 0 saturated carbocycles. The Balaban J connectivity index is 0.00000165. The molecular formula is C39H36N2. The summed E-state index contributed by atoms with van der Waals surface area (Å²) in [5, 5.41) is 8.39. The van der Waals surface area contributed by atoms with Crippen molar-refractivity contribution in [2.75, 3.05) is 11.1 Å². The van der Waals surface area contributed by atoms with Gasteiger partial charge in [0.2, 0.25) is 0 Å². The number of allylic oxidation sites excluding steroid dienone is 1. The summed E-state index contributed by atoms with van der Waals surface area (Å²) in [6.07, 6.45) is 6.15. The smallest absolute Gasteiger partial charge is 0.0617 e. The molecule has 2 heteroatoms. The van der Waals surface area contributed by atoms with Crippen molar-refractivity contribution in [2.24, 2.45) is 0 Å². The Morgan fingerprint density at radius 3 is 1.66 bits per heavy atom. The van der Waals surface area contributed by atoms with Gasteiger partial charge >= 0.3 is 0 Å². The molecule has 0 amide bonds. The third kappa shape index (κ3) is 5.37. The lowest BCUT2D eigenvalue weighted by molar-refractivity contribution is 1.50. The second-order valence-electron chi connectivity index (χ2n) is 9.68. The highest BCUT2D eigenvalue weighted by atomic mass is 14.9. The fourth-order valence-corrected chi connectivity index (χ4v) is 5.48. The predicted octanol–water partition coefficient (Wildman–Crippen LogP) is 11.4. The van der Waals surface area contributed by atoms with E-state index in [1.165, 1.54) is 49.4 Å². The van der Waals surface area contributed by atoms with Crippen molar-refractivity contribution in [3.8, 4) is 22.3 Å². The van der Waals surface area contributed by atoms with Crippen LogP contribution in [0.2, 0.25) is 0 Å². The molecule has 0 saturated heterocycles. The molecule has 0 fully saturated rings. The van der Waals surface area contributed by atoms with E-state index in [9.17, 15) is 0 Å². The van der Waals surface area contributed by atoms with Crippen molar-refractivity contribution < 1.29 is 0 Å². The van der Waals surface area contributed by atoms with Crippen LogP contribution in [0.25, 0.3) is 56.0 Å². The molecule has 202 valence electrons. The molecule has 0 bridgehead atoms. The first kappa shape index (κ1) is 27.5. The number of fused-ring (bicyclic) bond motifs is 2. The average molecular weight is 533 g/mol. The van der Waals surface area contributed by atoms with Crippen LogP contribution in [0, 0.1) is 0 Å². The highest BCUT2D eigenvalue weighted by Gasteiger charge is 2.17. The van der Waals surface area contributed by atoms with Crippen LogP contribution in [0.4, 0.5) is 17.1 Å². The SMILES string of the molecule is C=Cc1ccc(-c2c3ccccc3c(-c3ccc(Nc4ccccc4N)cc3)c3ccccc23)cc1/C=C\C.CC. The topological polar surface area (TPSA) is 38.0 Å². The summed E-state index contributed by atoms with van der Waals surface area (Å²) in [5.41, 5.74) is 16.0. The number of hydrogen-bond donors (Lipinski definition) is 2. The lowest BCUT2D eigenvalue weighted by atomic mass is 9.85. The quantitative estimate of drug-likeness (QED) is 0.165. The molecule has 6 aromatic carbocycles. The first-order valence-electron chi connectivity index (χ1n) is 14.2. The Morgan fingerprint density at radius 2 is 1.12 bits per heavy atom. The first-order chi connectivity index (χ1) is 20.2. The van der Waals surface area contributed by atoms with Crippen molar-refractivity contribution >= 4 is 50.8 Å². The van der Waals surface area contributed by atoms with E-state index < -0.39 is 0 Å². The van der Waals surface area contributed by atoms with Crippen LogP contribution in [0.1, 0.15) is 31.9 Å². The summed E-state index contributed by atoms with van der Waals surface area (Å²) in [6, 6.07) is 40.6. The third-order valence-corrected chi connectivity index (χ3v) is 7.29. The van der Waals surface area contributed by atoms with E-state index in [0.29, 0.717) is 0 Å². The summed E-state index contributed by atoms with van der Waals surface area (Å²) >= 11 is 0. The number of rotatable bonds is 6. The number of nitrogens with two attached hydrogens (primary N) is 1. The van der Waals surface area contributed by atoms with Crippen LogP contribution in [-0.2, 0) is 0 Å². The molecule has 41 heavy (non-hydrogen) atoms. The van der Waals surface area contributed by atoms with Crippen molar-refractivity contribution in [1.82, 2.24) is 0 Å². The zero-order chi connectivity index (χ0) is 28.8. The van der Waals surface area contributed by atoms with Gasteiger partial charge in [0.25, 0.3) is 0 Å². The summed E-state index contributed by atoms with van der Waals surface area (Å²) in [5.74, 6) is 0. The molecule has 0 aliphatic rings. The molecule has 0 radical (unpaired) electrons. The Labute approximate surface area is 243 Å². The Morgan fingerprint density at radius 1 is 0.610 bits per heavy atom. The molecule has 0 aliphatic carbocycles. The molecular weight excluding hydrogens is 496 g/mol. The standard InChI is InChI=1S/C37H30N2.C2H6/c1-3-11-27-24-28(19-18-25(27)4-2)37-32-14-7-5-12-30(32)36(31-13-6-8-15-33(31)37)26-20-22-29(23-21-26)39-35-17-10-9-16-34(35)38;1-2/h3-24,39H,2,38H2,1H3;1-2H3/b11-3-;. The van der Waals surface area contributed by atoms with Crippen molar-refractivity contribution in [1.29, 1.82) is 0 Å². The van der Waals surface area contributed by atoms with Gasteiger partial charge in [-0.25, -0.2) is 0 Å². The van der Waals surface area contributed by atoms with Gasteiger partial charge in [-0.15, -0.1) is 0 Å². The fourth-order valence-electron chi connectivity index (χ4n) is 5.48. The third-order valence-electron chi connectivity index (χ3n) is 7.29. The highest BCUT2D eigenvalue weighted by molar-refractivity contribution is 6.21. The van der Waals surface area contributed by atoms with E-state index >= 15 is 0 Å². The minimum absolute atomic E-state index is 0.730. The van der Waals surface area contributed by atoms with E-state index in [1.54, 1.807) is 0 Å². The van der Waals surface area contributed by atoms with Crippen LogP contribution in [0.5, 0.6) is 0 Å². The van der Waals surface area contributed by atoms with Crippen molar-refractivity contribution in [3.05, 3.63) is 139 Å². The van der Waals surface area contributed by atoms with E-state index in [-0.39, 0.29) is 0 Å². The summed E-state index contributed by atoms with van der Waals surface area (Å²) in [7, 11) is 0. The normalized spacial score (nSPS) is 10.9. The molecule has 0 unspecified atom stereocenters. The Bertz CT molecular complexity index is 1800. The fraction of sp³-hybridized carbons (Fsp3) is 0.0769. The van der Waals surface area contributed by atoms with Gasteiger partial charge in [-0.05, 0) is 92.2 Å². The van der Waals surface area contributed by atoms with E-state index in [4.69, 9.17) is 5.73 Å². The number of anilines is 3. The molecule has 0 spiro atoms. The van der Waals surface area contributed by atoms with Gasteiger partial charge in [-0.1, -0.05) is 124 Å². The molecule has 6 aromatic rings. The maximum atomic E-state index is 6.15. The summed E-state index contributed by atoms with van der Waals surface area (Å²) in [6.45, 7) is 10.1. The predicted molar refractivity (Wildman–Crippen MR) is 183 cm³/mol. The van der Waals surface area contributed by atoms with Crippen molar-refractivity contribution in [2.45, 2.75) is 20.8 Å². The second kappa shape index (κ2) is 12.4. The van der Waals surface area contributed by atoms with Gasteiger partial charge in [0, 0.05) is 5.69 Å². The molecule has 6 rings (SSSR count). The molecule has 0 atom stereocenters. The summed E-state index contributed by atoms with van der Waals surface area (Å²) < 4.78 is 0. The second-order valence-corrected chi connectivity index (χ2v) is 9.68. The van der Waals surface area contributed by atoms with Crippen LogP contribution in [0.15, 0.2) is 128 Å². The Kier molecular flexibility index (Phi) is 8.31. The highest BCUT2D eigenvalue weighted by Crippen LogP contribution is 2.44. The number of hydrogen-bond acceptors (Lipinski definition) is 2. The van der Waals surface area contributed by atoms with E-state index in [0.717, 1.165) is 22.6 Å². The minimum atomic E-state index is 0.730. The monoisotopic (exact) mass is 532 g/mol. The van der Waals surface area contributed by atoms with Gasteiger partial charge in [-0.3, -0.25) is 0 Å². The Hall–Kier alpha value is -5.08. The molecule has 2 nitrogen and oxygen atoms in total. The number of nitrogen functional groups attached to an aromatic ring is 1. The minimum Gasteiger partial charge on any atom is -0.397 e. The van der Waals surface area contributed by atoms with Gasteiger partial charge in [0.1, 0.15) is 0 Å². The van der Waals surface area contributed by atoms with Crippen LogP contribution in [-0.4, -0.2) is 0 Å². The van der Waals surface area contributed by atoms with Gasteiger partial charge < -0.3 is 11.1 Å². The molecule has 0 heterocycles. The lowest BCUT2D eigenvalue weighted by Crippen LogP contribution is -1.96. The van der Waals surface area contributed by atoms with Crippen LogP contribution < -0.4 is 11.1 Å². The maximum Gasteiger partial charge on any atom is 0.0617 e. The van der Waals surface area contributed by atoms with Gasteiger partial charge in [-0.2, -0.15) is 0 Å². The number of para-hydroxylation sites is 2. The van der Waals surface area contributed by atoms with Crippen molar-refractivity contribution in [3.63, 3.8) is 0 Å². The van der Waals surface area contributed by atoms with E-state index in [1.807, 2.05) is 44.2 Å². The zero-order valence-electron chi connectivity index (χ0n) is 24.0. The molecule has 0 aromatic heterocycles. The molecule has 0 aliphatic heterocycles. The molecule has 3 N–H and O–H groups in total. The van der Waals surface area contributed by atoms with Gasteiger partial charge in [0.05, 0.1) is 11.4 Å². The van der Waals surface area contributed by atoms with E-state index in [2.05, 4.69) is 122 Å². The largest absolute Gasteiger partial charge is 0.397 e. The number of benzene rings is 6.